The lowest BCUT2D eigenvalue weighted by molar-refractivity contribution is -0.153. The Morgan fingerprint density at radius 2 is 1.96 bits per heavy atom. The van der Waals surface area contributed by atoms with Crippen LogP contribution in [0.2, 0.25) is 0 Å². The van der Waals surface area contributed by atoms with Crippen LogP contribution in [0.1, 0.15) is 19.3 Å². The normalized spacial score (nSPS) is 31.7. The van der Waals surface area contributed by atoms with Gasteiger partial charge in [-0.3, -0.25) is 4.79 Å². The Bertz CT molecular complexity index is 646. The van der Waals surface area contributed by atoms with E-state index in [1.54, 1.807) is 12.1 Å². The number of fused-ring (bicyclic) bond motifs is 2. The van der Waals surface area contributed by atoms with Crippen LogP contribution in [-0.2, 0) is 9.59 Å². The van der Waals surface area contributed by atoms with E-state index in [-0.39, 0.29) is 18.4 Å². The third-order valence-corrected chi connectivity index (χ3v) is 5.21. The molecule has 1 N–H and O–H groups in total. The molecule has 6 nitrogen and oxygen atoms in total. The lowest BCUT2D eigenvalue weighted by Crippen LogP contribution is -2.51. The number of likely N-dealkylation sites (tertiary alicyclic amines) is 1. The maximum Gasteiger partial charge on any atom is 0.326 e. The summed E-state index contributed by atoms with van der Waals surface area (Å²) in [5.41, 5.74) is 0. The molecule has 0 bridgehead atoms. The molecule has 4 rings (SSSR count). The minimum Gasteiger partial charge on any atom is -0.485 e. The van der Waals surface area contributed by atoms with Crippen LogP contribution >= 0.6 is 0 Å². The average Bonchev–Trinajstić information content (AvgIpc) is 3.13. The predicted molar refractivity (Wildman–Crippen MR) is 80.3 cm³/mol. The first-order valence-corrected chi connectivity index (χ1v) is 8.07. The summed E-state index contributed by atoms with van der Waals surface area (Å²) in [5, 5.41) is 9.57. The fourth-order valence-electron chi connectivity index (χ4n) is 4.17. The van der Waals surface area contributed by atoms with E-state index < -0.39 is 18.1 Å². The first-order chi connectivity index (χ1) is 11.1. The third kappa shape index (κ3) is 2.33. The number of para-hydroxylation sites is 2. The zero-order chi connectivity index (χ0) is 16.0. The summed E-state index contributed by atoms with van der Waals surface area (Å²) in [6.07, 6.45) is 2.17. The number of benzene rings is 1. The third-order valence-electron chi connectivity index (χ3n) is 5.21. The van der Waals surface area contributed by atoms with Gasteiger partial charge in [0, 0.05) is 6.54 Å². The van der Waals surface area contributed by atoms with E-state index in [9.17, 15) is 14.7 Å². The maximum atomic E-state index is 12.8. The molecule has 1 saturated heterocycles. The second-order valence-corrected chi connectivity index (χ2v) is 6.49. The van der Waals surface area contributed by atoms with Crippen molar-refractivity contribution in [3.8, 4) is 11.5 Å². The highest BCUT2D eigenvalue weighted by Gasteiger charge is 2.51. The molecule has 1 saturated carbocycles. The number of carbonyl (C=O) groups excluding carboxylic acids is 1. The molecule has 23 heavy (non-hydrogen) atoms. The Morgan fingerprint density at radius 1 is 1.17 bits per heavy atom. The topological polar surface area (TPSA) is 76.1 Å². The van der Waals surface area contributed by atoms with E-state index in [1.165, 1.54) is 4.90 Å². The van der Waals surface area contributed by atoms with Crippen LogP contribution in [0.15, 0.2) is 24.3 Å². The monoisotopic (exact) mass is 317 g/mol. The number of carboxylic acids is 1. The Hall–Kier alpha value is -2.24. The first kappa shape index (κ1) is 14.4. The largest absolute Gasteiger partial charge is 0.485 e. The lowest BCUT2D eigenvalue weighted by atomic mass is 9.94. The molecule has 122 valence electrons. The molecule has 4 unspecified atom stereocenters. The van der Waals surface area contributed by atoms with Crippen molar-refractivity contribution in [3.05, 3.63) is 24.3 Å². The molecule has 0 radical (unpaired) electrons. The smallest absolute Gasteiger partial charge is 0.326 e. The molecule has 0 aromatic heterocycles. The number of carbonyl (C=O) groups is 2. The number of amides is 1. The van der Waals surface area contributed by atoms with Crippen LogP contribution in [0.4, 0.5) is 0 Å². The zero-order valence-electron chi connectivity index (χ0n) is 12.7. The van der Waals surface area contributed by atoms with Crippen LogP contribution in [0.25, 0.3) is 0 Å². The Kier molecular flexibility index (Phi) is 3.39. The van der Waals surface area contributed by atoms with Crippen LogP contribution in [0.3, 0.4) is 0 Å². The summed E-state index contributed by atoms with van der Waals surface area (Å²) in [6.45, 7) is 0.635. The molecule has 0 spiro atoms. The molecule has 2 aliphatic heterocycles. The fourth-order valence-corrected chi connectivity index (χ4v) is 4.17. The van der Waals surface area contributed by atoms with Crippen LogP contribution < -0.4 is 9.47 Å². The van der Waals surface area contributed by atoms with Crippen LogP contribution in [0, 0.1) is 11.8 Å². The molecule has 2 fully saturated rings. The number of ether oxygens (including phenoxy) is 2. The highest BCUT2D eigenvalue weighted by molar-refractivity contribution is 5.88. The van der Waals surface area contributed by atoms with Gasteiger partial charge >= 0.3 is 5.97 Å². The summed E-state index contributed by atoms with van der Waals surface area (Å²) < 4.78 is 11.3. The van der Waals surface area contributed by atoms with Gasteiger partial charge in [-0.25, -0.2) is 4.79 Å². The minimum atomic E-state index is -0.912. The molecule has 4 atom stereocenters. The van der Waals surface area contributed by atoms with Crippen LogP contribution in [0.5, 0.6) is 11.5 Å². The molecule has 1 aromatic rings. The second-order valence-electron chi connectivity index (χ2n) is 6.49. The van der Waals surface area contributed by atoms with Crippen molar-refractivity contribution >= 4 is 11.9 Å². The maximum absolute atomic E-state index is 12.8. The lowest BCUT2D eigenvalue weighted by Gasteiger charge is -2.31. The fraction of sp³-hybridized carbons (Fsp3) is 0.529. The van der Waals surface area contributed by atoms with Gasteiger partial charge in [-0.15, -0.1) is 0 Å². The summed E-state index contributed by atoms with van der Waals surface area (Å²) in [6, 6.07) is 6.47. The molecule has 2 heterocycles. The van der Waals surface area contributed by atoms with Gasteiger partial charge in [0.25, 0.3) is 5.91 Å². The zero-order valence-corrected chi connectivity index (χ0v) is 12.7. The Labute approximate surface area is 134 Å². The Balaban J connectivity index is 1.54. The summed E-state index contributed by atoms with van der Waals surface area (Å²) in [5.74, 6) is 0.337. The molecule has 6 heteroatoms. The molecule has 1 aromatic carbocycles. The highest BCUT2D eigenvalue weighted by Crippen LogP contribution is 2.43. The standard InChI is InChI=1S/C17H19NO5/c19-16(14-9-22-12-6-1-2-7-13(12)23-14)18-8-10-4-3-5-11(10)15(18)17(20)21/h1-2,6-7,10-11,14-15H,3-5,8-9H2,(H,20,21). The first-order valence-electron chi connectivity index (χ1n) is 8.07. The number of aliphatic carboxylic acids is 1. The summed E-state index contributed by atoms with van der Waals surface area (Å²) in [4.78, 5) is 26.0. The average molecular weight is 317 g/mol. The minimum absolute atomic E-state index is 0.0771. The van der Waals surface area contributed by atoms with Gasteiger partial charge in [0.1, 0.15) is 12.6 Å². The number of nitrogens with zero attached hydrogens (tertiary/aromatic N) is 1. The van der Waals surface area contributed by atoms with Crippen molar-refractivity contribution in [1.29, 1.82) is 0 Å². The van der Waals surface area contributed by atoms with Crippen LogP contribution in [-0.4, -0.2) is 47.2 Å². The predicted octanol–water partition coefficient (Wildman–Crippen LogP) is 1.54. The van der Waals surface area contributed by atoms with Crippen molar-refractivity contribution < 1.29 is 24.2 Å². The summed E-state index contributed by atoms with van der Waals surface area (Å²) in [7, 11) is 0. The van der Waals surface area contributed by atoms with E-state index in [0.29, 0.717) is 24.0 Å². The van der Waals surface area contributed by atoms with Crippen molar-refractivity contribution in [2.24, 2.45) is 11.8 Å². The van der Waals surface area contributed by atoms with Gasteiger partial charge in [0.15, 0.2) is 11.5 Å². The number of hydrogen-bond acceptors (Lipinski definition) is 4. The van der Waals surface area contributed by atoms with E-state index >= 15 is 0 Å². The van der Waals surface area contributed by atoms with Gasteiger partial charge in [-0.2, -0.15) is 0 Å². The van der Waals surface area contributed by atoms with Crippen molar-refractivity contribution in [2.45, 2.75) is 31.4 Å². The molecular formula is C17H19NO5. The van der Waals surface area contributed by atoms with Gasteiger partial charge in [-0.05, 0) is 36.8 Å². The van der Waals surface area contributed by atoms with Gasteiger partial charge in [0.05, 0.1) is 0 Å². The number of hydrogen-bond donors (Lipinski definition) is 1. The second kappa shape index (κ2) is 5.44. The molecular weight excluding hydrogens is 298 g/mol. The quantitative estimate of drug-likeness (QED) is 0.895. The Morgan fingerprint density at radius 3 is 2.74 bits per heavy atom. The highest BCUT2D eigenvalue weighted by atomic mass is 16.6. The van der Waals surface area contributed by atoms with Gasteiger partial charge in [0.2, 0.25) is 6.10 Å². The molecule has 1 amide bonds. The van der Waals surface area contributed by atoms with E-state index in [4.69, 9.17) is 9.47 Å². The van der Waals surface area contributed by atoms with E-state index in [0.717, 1.165) is 19.3 Å². The van der Waals surface area contributed by atoms with Crippen molar-refractivity contribution in [1.82, 2.24) is 4.90 Å². The summed E-state index contributed by atoms with van der Waals surface area (Å²) >= 11 is 0. The number of rotatable bonds is 2. The molecule has 3 aliphatic rings. The van der Waals surface area contributed by atoms with Crippen molar-refractivity contribution in [2.75, 3.05) is 13.2 Å². The van der Waals surface area contributed by atoms with E-state index in [1.807, 2.05) is 12.1 Å². The van der Waals surface area contributed by atoms with E-state index in [2.05, 4.69) is 0 Å². The molecule has 1 aliphatic carbocycles. The van der Waals surface area contributed by atoms with Gasteiger partial charge < -0.3 is 19.5 Å². The number of carboxylic acid groups (broad SMARTS) is 1. The SMILES string of the molecule is O=C(O)C1C2CCCC2CN1C(=O)C1COc2ccccc2O1. The van der Waals surface area contributed by atoms with Gasteiger partial charge in [-0.1, -0.05) is 18.6 Å². The van der Waals surface area contributed by atoms with Crippen molar-refractivity contribution in [3.63, 3.8) is 0 Å².